The van der Waals surface area contributed by atoms with Gasteiger partial charge in [-0.3, -0.25) is 9.59 Å². The Hall–Kier alpha value is -3.35. The molecule has 186 valence electrons. The summed E-state index contributed by atoms with van der Waals surface area (Å²) < 4.78 is 5.62. The van der Waals surface area contributed by atoms with Crippen molar-refractivity contribution in [2.45, 2.75) is 39.0 Å². The number of nitrogens with zero attached hydrogens (tertiary/aromatic N) is 1. The van der Waals surface area contributed by atoms with E-state index in [4.69, 9.17) is 4.74 Å². The van der Waals surface area contributed by atoms with Crippen molar-refractivity contribution < 1.29 is 24.2 Å². The van der Waals surface area contributed by atoms with E-state index in [-0.39, 0.29) is 43.2 Å². The zero-order chi connectivity index (χ0) is 24.9. The number of benzene rings is 2. The van der Waals surface area contributed by atoms with E-state index in [1.54, 1.807) is 4.90 Å². The first kappa shape index (κ1) is 24.8. The van der Waals surface area contributed by atoms with Crippen LogP contribution in [0.1, 0.15) is 50.2 Å². The molecular weight excluding hydrogens is 444 g/mol. The van der Waals surface area contributed by atoms with Crippen molar-refractivity contribution in [3.05, 3.63) is 59.7 Å². The fourth-order valence-corrected chi connectivity index (χ4v) is 5.17. The van der Waals surface area contributed by atoms with E-state index in [1.807, 2.05) is 38.1 Å². The highest BCUT2D eigenvalue weighted by Crippen LogP contribution is 2.44. The van der Waals surface area contributed by atoms with E-state index in [9.17, 15) is 19.5 Å². The molecule has 7 nitrogen and oxygen atoms in total. The van der Waals surface area contributed by atoms with Crippen LogP contribution in [0.4, 0.5) is 4.79 Å². The molecule has 1 fully saturated rings. The molecule has 1 unspecified atom stereocenters. The number of carbonyl (C=O) groups is 3. The molecule has 1 aliphatic carbocycles. The number of fused-ring (bicyclic) bond motifs is 3. The van der Waals surface area contributed by atoms with Crippen LogP contribution < -0.4 is 5.32 Å². The van der Waals surface area contributed by atoms with Gasteiger partial charge in [0.1, 0.15) is 6.61 Å². The molecule has 2 aromatic carbocycles. The third kappa shape index (κ3) is 5.66. The molecular formula is C28H34N2O5. The number of rotatable bonds is 8. The standard InChI is InChI=1S/C28H34N2O5/c1-18(2)20(14-26(31)30-13-7-8-19(16-30)27(32)33)15-29-28(34)35-17-25-23-11-5-3-9-21(23)22-10-4-6-12-24(22)25/h3-6,9-12,18-20,25H,7-8,13-17H2,1-2H3,(H,29,34)(H,32,33)/t19-,20?/m0/s1. The van der Waals surface area contributed by atoms with Gasteiger partial charge in [0, 0.05) is 32.0 Å². The molecule has 0 spiro atoms. The van der Waals surface area contributed by atoms with E-state index in [0.29, 0.717) is 25.9 Å². The lowest BCUT2D eigenvalue weighted by atomic mass is 9.91. The van der Waals surface area contributed by atoms with Gasteiger partial charge in [0.2, 0.25) is 5.91 Å². The smallest absolute Gasteiger partial charge is 0.407 e. The minimum Gasteiger partial charge on any atom is -0.481 e. The molecule has 1 saturated heterocycles. The van der Waals surface area contributed by atoms with Gasteiger partial charge in [-0.2, -0.15) is 0 Å². The fourth-order valence-electron chi connectivity index (χ4n) is 5.17. The zero-order valence-electron chi connectivity index (χ0n) is 20.4. The molecule has 2 N–H and O–H groups in total. The summed E-state index contributed by atoms with van der Waals surface area (Å²) in [6.07, 6.45) is 1.09. The molecule has 0 aromatic heterocycles. The Labute approximate surface area is 206 Å². The van der Waals surface area contributed by atoms with Gasteiger partial charge in [0.05, 0.1) is 5.92 Å². The molecule has 0 saturated carbocycles. The number of hydrogen-bond donors (Lipinski definition) is 2. The molecule has 4 rings (SSSR count). The van der Waals surface area contributed by atoms with Crippen molar-refractivity contribution in [1.82, 2.24) is 10.2 Å². The van der Waals surface area contributed by atoms with Gasteiger partial charge in [-0.05, 0) is 46.9 Å². The van der Waals surface area contributed by atoms with E-state index in [1.165, 1.54) is 11.1 Å². The zero-order valence-corrected chi connectivity index (χ0v) is 20.4. The highest BCUT2D eigenvalue weighted by Gasteiger charge is 2.31. The number of carbonyl (C=O) groups excluding carboxylic acids is 2. The summed E-state index contributed by atoms with van der Waals surface area (Å²) >= 11 is 0. The van der Waals surface area contributed by atoms with Crippen LogP contribution in [0, 0.1) is 17.8 Å². The SMILES string of the molecule is CC(C)C(CNC(=O)OCC1c2ccccc2-c2ccccc21)CC(=O)N1CCC[C@H](C(=O)O)C1. The predicted octanol–water partition coefficient (Wildman–Crippen LogP) is 4.51. The lowest BCUT2D eigenvalue weighted by Gasteiger charge is -2.32. The normalized spacial score (nSPS) is 18.0. The molecule has 2 atom stereocenters. The van der Waals surface area contributed by atoms with E-state index in [2.05, 4.69) is 29.6 Å². The number of aliphatic carboxylic acids is 1. The Morgan fingerprint density at radius 3 is 2.29 bits per heavy atom. The molecule has 7 heteroatoms. The molecule has 1 aliphatic heterocycles. The first-order valence-electron chi connectivity index (χ1n) is 12.4. The fraction of sp³-hybridized carbons (Fsp3) is 0.464. The molecule has 2 aliphatic rings. The largest absolute Gasteiger partial charge is 0.481 e. The van der Waals surface area contributed by atoms with E-state index < -0.39 is 18.0 Å². The van der Waals surface area contributed by atoms with Crippen LogP contribution in [0.5, 0.6) is 0 Å². The van der Waals surface area contributed by atoms with Crippen molar-refractivity contribution in [3.8, 4) is 11.1 Å². The van der Waals surface area contributed by atoms with Crippen molar-refractivity contribution in [1.29, 1.82) is 0 Å². The number of ether oxygens (including phenoxy) is 1. The highest BCUT2D eigenvalue weighted by atomic mass is 16.5. The predicted molar refractivity (Wildman–Crippen MR) is 133 cm³/mol. The summed E-state index contributed by atoms with van der Waals surface area (Å²) in [4.78, 5) is 38.4. The van der Waals surface area contributed by atoms with Crippen molar-refractivity contribution >= 4 is 18.0 Å². The Morgan fingerprint density at radius 2 is 1.69 bits per heavy atom. The van der Waals surface area contributed by atoms with Crippen LogP contribution in [0.3, 0.4) is 0 Å². The third-order valence-corrected chi connectivity index (χ3v) is 7.36. The topological polar surface area (TPSA) is 95.9 Å². The van der Waals surface area contributed by atoms with Crippen LogP contribution in [-0.4, -0.2) is 54.2 Å². The number of amides is 2. The maximum atomic E-state index is 12.8. The third-order valence-electron chi connectivity index (χ3n) is 7.36. The molecule has 0 radical (unpaired) electrons. The summed E-state index contributed by atoms with van der Waals surface area (Å²) in [6.45, 7) is 5.47. The highest BCUT2D eigenvalue weighted by molar-refractivity contribution is 5.79. The second-order valence-electron chi connectivity index (χ2n) is 9.93. The van der Waals surface area contributed by atoms with Crippen LogP contribution in [-0.2, 0) is 14.3 Å². The minimum atomic E-state index is -0.847. The maximum Gasteiger partial charge on any atom is 0.407 e. The van der Waals surface area contributed by atoms with E-state index in [0.717, 1.165) is 11.1 Å². The van der Waals surface area contributed by atoms with Gasteiger partial charge in [0.15, 0.2) is 0 Å². The van der Waals surface area contributed by atoms with Gasteiger partial charge in [-0.15, -0.1) is 0 Å². The number of carboxylic acids is 1. The van der Waals surface area contributed by atoms with Gasteiger partial charge < -0.3 is 20.1 Å². The Bertz CT molecular complexity index is 1040. The lowest BCUT2D eigenvalue weighted by molar-refractivity contribution is -0.146. The monoisotopic (exact) mass is 478 g/mol. The van der Waals surface area contributed by atoms with Gasteiger partial charge in [0.25, 0.3) is 0 Å². The first-order valence-corrected chi connectivity index (χ1v) is 12.4. The average molecular weight is 479 g/mol. The number of carboxylic acid groups (broad SMARTS) is 1. The summed E-state index contributed by atoms with van der Waals surface area (Å²) in [7, 11) is 0. The van der Waals surface area contributed by atoms with Crippen molar-refractivity contribution in [2.75, 3.05) is 26.2 Å². The summed E-state index contributed by atoms with van der Waals surface area (Å²) in [5.41, 5.74) is 4.68. The Kier molecular flexibility index (Phi) is 7.73. The summed E-state index contributed by atoms with van der Waals surface area (Å²) in [6, 6.07) is 16.4. The molecule has 0 bridgehead atoms. The second kappa shape index (κ2) is 10.9. The average Bonchev–Trinajstić information content (AvgIpc) is 3.18. The maximum absolute atomic E-state index is 12.8. The van der Waals surface area contributed by atoms with Crippen LogP contribution >= 0.6 is 0 Å². The van der Waals surface area contributed by atoms with Crippen LogP contribution in [0.25, 0.3) is 11.1 Å². The van der Waals surface area contributed by atoms with Gasteiger partial charge in [-0.1, -0.05) is 62.4 Å². The molecule has 1 heterocycles. The van der Waals surface area contributed by atoms with Crippen LogP contribution in [0.15, 0.2) is 48.5 Å². The number of nitrogens with one attached hydrogen (secondary N) is 1. The molecule has 35 heavy (non-hydrogen) atoms. The summed E-state index contributed by atoms with van der Waals surface area (Å²) in [5.74, 6) is -1.29. The van der Waals surface area contributed by atoms with Crippen molar-refractivity contribution in [2.24, 2.45) is 17.8 Å². The summed E-state index contributed by atoms with van der Waals surface area (Å²) in [5, 5.41) is 12.1. The van der Waals surface area contributed by atoms with Gasteiger partial charge >= 0.3 is 12.1 Å². The number of hydrogen-bond acceptors (Lipinski definition) is 4. The Morgan fingerprint density at radius 1 is 1.06 bits per heavy atom. The Balaban J connectivity index is 1.30. The minimum absolute atomic E-state index is 0.00286. The van der Waals surface area contributed by atoms with Crippen molar-refractivity contribution in [3.63, 3.8) is 0 Å². The van der Waals surface area contributed by atoms with Crippen LogP contribution in [0.2, 0.25) is 0 Å². The van der Waals surface area contributed by atoms with E-state index >= 15 is 0 Å². The second-order valence-corrected chi connectivity index (χ2v) is 9.93. The number of likely N-dealkylation sites (tertiary alicyclic amines) is 1. The number of piperidine rings is 1. The quantitative estimate of drug-likeness (QED) is 0.582. The molecule has 2 amide bonds. The van der Waals surface area contributed by atoms with Gasteiger partial charge in [-0.25, -0.2) is 4.79 Å². The lowest BCUT2D eigenvalue weighted by Crippen LogP contribution is -2.44. The first-order chi connectivity index (χ1) is 16.8. The molecule has 2 aromatic rings. The number of alkyl carbamates (subject to hydrolysis) is 1.